The lowest BCUT2D eigenvalue weighted by Crippen LogP contribution is -2.45. The molecule has 6 heteroatoms. The van der Waals surface area contributed by atoms with Crippen molar-refractivity contribution in [3.8, 4) is 0 Å². The van der Waals surface area contributed by atoms with Gasteiger partial charge in [-0.2, -0.15) is 0 Å². The third-order valence-corrected chi connectivity index (χ3v) is 6.84. The number of aromatic nitrogens is 1. The minimum atomic E-state index is -0.197. The van der Waals surface area contributed by atoms with Crippen molar-refractivity contribution in [2.24, 2.45) is 5.41 Å². The molecule has 2 aliphatic heterocycles. The van der Waals surface area contributed by atoms with Crippen molar-refractivity contribution >= 4 is 11.8 Å². The first kappa shape index (κ1) is 24.0. The maximum Gasteiger partial charge on any atom is 0.322 e. The molecule has 31 heavy (non-hydrogen) atoms. The summed E-state index contributed by atoms with van der Waals surface area (Å²) in [7, 11) is 1.48. The number of esters is 1. The Kier molecular flexibility index (Phi) is 9.59. The summed E-state index contributed by atoms with van der Waals surface area (Å²) in [5.74, 6) is 0.961. The monoisotopic (exact) mass is 431 g/mol. The van der Waals surface area contributed by atoms with E-state index >= 15 is 0 Å². The second-order valence-electron chi connectivity index (χ2n) is 9.53. The molecule has 2 N–H and O–H groups in total. The van der Waals surface area contributed by atoms with Gasteiger partial charge in [-0.3, -0.25) is 4.79 Å². The van der Waals surface area contributed by atoms with Crippen LogP contribution in [0.1, 0.15) is 76.0 Å². The number of hydrogen-bond acceptors (Lipinski definition) is 6. The third-order valence-electron chi connectivity index (χ3n) is 6.84. The predicted molar refractivity (Wildman–Crippen MR) is 124 cm³/mol. The van der Waals surface area contributed by atoms with Crippen LogP contribution in [0.3, 0.4) is 0 Å². The summed E-state index contributed by atoms with van der Waals surface area (Å²) in [6, 6.07) is 4.24. The zero-order chi connectivity index (χ0) is 21.9. The molecule has 174 valence electrons. The van der Waals surface area contributed by atoms with E-state index in [1.165, 1.54) is 44.1 Å². The first-order chi connectivity index (χ1) is 15.1. The van der Waals surface area contributed by atoms with Crippen molar-refractivity contribution < 1.29 is 14.3 Å². The predicted octanol–water partition coefficient (Wildman–Crippen LogP) is 4.27. The quantitative estimate of drug-likeness (QED) is 0.380. The Hall–Kier alpha value is -1.66. The van der Waals surface area contributed by atoms with Crippen LogP contribution in [-0.4, -0.2) is 50.4 Å². The highest BCUT2D eigenvalue weighted by atomic mass is 16.5. The third kappa shape index (κ3) is 7.76. The van der Waals surface area contributed by atoms with Crippen molar-refractivity contribution in [2.75, 3.05) is 38.7 Å². The summed E-state index contributed by atoms with van der Waals surface area (Å²) in [5.41, 5.74) is 2.77. The number of nitrogens with one attached hydrogen (secondary N) is 2. The molecular formula is C25H41N3O3. The van der Waals surface area contributed by atoms with Gasteiger partial charge in [-0.05, 0) is 62.0 Å². The molecule has 3 heterocycles. The molecule has 1 aromatic heterocycles. The Morgan fingerprint density at radius 3 is 2.81 bits per heavy atom. The molecule has 3 rings (SSSR count). The minimum absolute atomic E-state index is 0.136. The Morgan fingerprint density at radius 1 is 1.23 bits per heavy atom. The van der Waals surface area contributed by atoms with Gasteiger partial charge in [-0.15, -0.1) is 0 Å². The number of ether oxygens (including phenoxy) is 2. The van der Waals surface area contributed by atoms with Gasteiger partial charge in [0, 0.05) is 32.0 Å². The summed E-state index contributed by atoms with van der Waals surface area (Å²) in [4.78, 5) is 17.0. The van der Waals surface area contributed by atoms with E-state index in [9.17, 15) is 4.79 Å². The second kappa shape index (κ2) is 12.4. The van der Waals surface area contributed by atoms with E-state index in [-0.39, 0.29) is 17.4 Å². The van der Waals surface area contributed by atoms with Crippen molar-refractivity contribution in [3.63, 3.8) is 0 Å². The number of unbranched alkanes of at least 4 members (excludes halogenated alkanes) is 4. The Bertz CT molecular complexity index is 689. The van der Waals surface area contributed by atoms with Gasteiger partial charge < -0.3 is 20.1 Å². The summed E-state index contributed by atoms with van der Waals surface area (Å²) in [5, 5.41) is 6.90. The number of anilines is 1. The lowest BCUT2D eigenvalue weighted by Gasteiger charge is -2.34. The molecular weight excluding hydrogens is 390 g/mol. The van der Waals surface area contributed by atoms with Gasteiger partial charge in [0.2, 0.25) is 0 Å². The molecule has 0 radical (unpaired) electrons. The number of nitrogens with zero attached hydrogens (tertiary/aromatic N) is 1. The van der Waals surface area contributed by atoms with Gasteiger partial charge in [0.05, 0.1) is 7.11 Å². The lowest BCUT2D eigenvalue weighted by atomic mass is 9.82. The van der Waals surface area contributed by atoms with E-state index in [2.05, 4.69) is 29.7 Å². The molecule has 1 aromatic rings. The minimum Gasteiger partial charge on any atom is -0.468 e. The van der Waals surface area contributed by atoms with E-state index in [4.69, 9.17) is 14.5 Å². The molecule has 1 saturated heterocycles. The maximum atomic E-state index is 12.2. The number of methoxy groups -OCH3 is 1. The fourth-order valence-corrected chi connectivity index (χ4v) is 4.55. The Balaban J connectivity index is 1.30. The van der Waals surface area contributed by atoms with Crippen LogP contribution in [-0.2, 0) is 27.1 Å². The summed E-state index contributed by atoms with van der Waals surface area (Å²) in [6.45, 7) is 5.80. The van der Waals surface area contributed by atoms with Crippen molar-refractivity contribution in [1.82, 2.24) is 10.3 Å². The number of pyridine rings is 1. The van der Waals surface area contributed by atoms with Gasteiger partial charge in [0.15, 0.2) is 0 Å². The summed E-state index contributed by atoms with van der Waals surface area (Å²) < 4.78 is 10.5. The number of fused-ring (bicyclic) bond motifs is 1. The molecule has 0 aliphatic carbocycles. The van der Waals surface area contributed by atoms with Crippen LogP contribution in [0.25, 0.3) is 0 Å². The van der Waals surface area contributed by atoms with E-state index in [1.807, 2.05) is 0 Å². The average Bonchev–Trinajstić information content (AvgIpc) is 2.80. The SMILES string of the molecule is COC(=O)[C@H](CCCCCCCc1ccc2c(n1)NCCC2)NCC1(C)CCOCC1. The zero-order valence-corrected chi connectivity index (χ0v) is 19.5. The van der Waals surface area contributed by atoms with E-state index in [0.717, 1.165) is 77.1 Å². The molecule has 2 aliphatic rings. The fraction of sp³-hybridized carbons (Fsp3) is 0.760. The average molecular weight is 432 g/mol. The van der Waals surface area contributed by atoms with E-state index in [0.29, 0.717) is 0 Å². The van der Waals surface area contributed by atoms with Crippen LogP contribution in [0.15, 0.2) is 12.1 Å². The molecule has 0 unspecified atom stereocenters. The number of rotatable bonds is 12. The van der Waals surface area contributed by atoms with E-state index < -0.39 is 0 Å². The smallest absolute Gasteiger partial charge is 0.322 e. The van der Waals surface area contributed by atoms with Crippen LogP contribution >= 0.6 is 0 Å². The van der Waals surface area contributed by atoms with Crippen LogP contribution in [0.4, 0.5) is 5.82 Å². The van der Waals surface area contributed by atoms with Crippen molar-refractivity contribution in [3.05, 3.63) is 23.4 Å². The zero-order valence-electron chi connectivity index (χ0n) is 19.5. The molecule has 0 amide bonds. The van der Waals surface area contributed by atoms with Crippen LogP contribution in [0.5, 0.6) is 0 Å². The molecule has 0 spiro atoms. The first-order valence-corrected chi connectivity index (χ1v) is 12.2. The van der Waals surface area contributed by atoms with Gasteiger partial charge in [-0.1, -0.05) is 38.7 Å². The standard InChI is InChI=1S/C25H41N3O3/c1-25(14-17-31-18-15-25)19-27-22(24(29)30-2)11-7-5-3-4-6-10-21-13-12-20-9-8-16-26-23(20)28-21/h12-13,22,27H,3-11,14-19H2,1-2H3,(H,26,28)/t22-/m0/s1. The number of aryl methyl sites for hydroxylation is 2. The molecule has 0 bridgehead atoms. The second-order valence-corrected chi connectivity index (χ2v) is 9.53. The van der Waals surface area contributed by atoms with Gasteiger partial charge in [0.1, 0.15) is 11.9 Å². The highest BCUT2D eigenvalue weighted by molar-refractivity contribution is 5.75. The molecule has 1 fully saturated rings. The largest absolute Gasteiger partial charge is 0.468 e. The normalized spacial score (nSPS) is 18.6. The molecule has 0 saturated carbocycles. The lowest BCUT2D eigenvalue weighted by molar-refractivity contribution is -0.143. The topological polar surface area (TPSA) is 72.5 Å². The summed E-state index contributed by atoms with van der Waals surface area (Å²) >= 11 is 0. The Morgan fingerprint density at radius 2 is 2.00 bits per heavy atom. The van der Waals surface area contributed by atoms with Crippen molar-refractivity contribution in [2.45, 2.75) is 83.6 Å². The number of carbonyl (C=O) groups is 1. The number of hydrogen-bond donors (Lipinski definition) is 2. The van der Waals surface area contributed by atoms with Gasteiger partial charge in [-0.25, -0.2) is 4.98 Å². The first-order valence-electron chi connectivity index (χ1n) is 12.2. The highest BCUT2D eigenvalue weighted by Crippen LogP contribution is 2.29. The maximum absolute atomic E-state index is 12.2. The highest BCUT2D eigenvalue weighted by Gasteiger charge is 2.29. The van der Waals surface area contributed by atoms with Gasteiger partial charge in [0.25, 0.3) is 0 Å². The molecule has 0 aromatic carbocycles. The molecule has 6 nitrogen and oxygen atoms in total. The van der Waals surface area contributed by atoms with Gasteiger partial charge >= 0.3 is 5.97 Å². The fourth-order valence-electron chi connectivity index (χ4n) is 4.55. The molecule has 1 atom stereocenters. The van der Waals surface area contributed by atoms with Crippen LogP contribution in [0.2, 0.25) is 0 Å². The Labute approximate surface area is 187 Å². The van der Waals surface area contributed by atoms with Crippen LogP contribution in [0, 0.1) is 5.41 Å². The number of carbonyl (C=O) groups excluding carboxylic acids is 1. The van der Waals surface area contributed by atoms with Crippen LogP contribution < -0.4 is 10.6 Å². The van der Waals surface area contributed by atoms with E-state index in [1.54, 1.807) is 0 Å². The summed E-state index contributed by atoms with van der Waals surface area (Å²) in [6.07, 6.45) is 12.1. The van der Waals surface area contributed by atoms with Crippen molar-refractivity contribution in [1.29, 1.82) is 0 Å².